The zero-order valence-electron chi connectivity index (χ0n) is 12.8. The van der Waals surface area contributed by atoms with Crippen LogP contribution in [0.5, 0.6) is 0 Å². The van der Waals surface area contributed by atoms with E-state index in [1.807, 2.05) is 6.92 Å². The van der Waals surface area contributed by atoms with Crippen LogP contribution in [0.2, 0.25) is 0 Å². The van der Waals surface area contributed by atoms with Gasteiger partial charge in [0.05, 0.1) is 0 Å². The lowest BCUT2D eigenvalue weighted by Crippen LogP contribution is -2.00. The molecule has 0 unspecified atom stereocenters. The summed E-state index contributed by atoms with van der Waals surface area (Å²) in [6.07, 6.45) is 1.78. The summed E-state index contributed by atoms with van der Waals surface area (Å²) in [5.41, 5.74) is 2.40. The maximum Gasteiger partial charge on any atom is 0.229 e. The van der Waals surface area contributed by atoms with Gasteiger partial charge in [-0.3, -0.25) is 4.21 Å². The molecule has 0 fully saturated rings. The summed E-state index contributed by atoms with van der Waals surface area (Å²) in [6.45, 7) is 6.36. The van der Waals surface area contributed by atoms with Crippen LogP contribution in [0.25, 0.3) is 0 Å². The standard InChI is InChI=1S/C16H22N2O2S/c1-4-15-17-18-16(20-15)11-21(19)10-14-7-5-13(6-8-14)9-12(2)3/h5-8,12H,4,9-11H2,1-3H3/t21-/m0/s1. The predicted octanol–water partition coefficient (Wildman–Crippen LogP) is 3.28. The number of nitrogens with zero attached hydrogens (tertiary/aromatic N) is 2. The highest BCUT2D eigenvalue weighted by Crippen LogP contribution is 2.13. The molecule has 2 aromatic rings. The Bertz CT molecular complexity index is 591. The molecule has 1 aromatic heterocycles. The molecule has 0 N–H and O–H groups in total. The van der Waals surface area contributed by atoms with Gasteiger partial charge in [-0.05, 0) is 23.5 Å². The Morgan fingerprint density at radius 3 is 2.24 bits per heavy atom. The van der Waals surface area contributed by atoms with E-state index in [1.165, 1.54) is 5.56 Å². The van der Waals surface area contributed by atoms with E-state index in [2.05, 4.69) is 48.3 Å². The fourth-order valence-corrected chi connectivity index (χ4v) is 3.17. The van der Waals surface area contributed by atoms with Crippen molar-refractivity contribution >= 4 is 10.8 Å². The third kappa shape index (κ3) is 5.08. The Labute approximate surface area is 128 Å². The Morgan fingerprint density at radius 2 is 1.67 bits per heavy atom. The molecule has 0 saturated heterocycles. The average molecular weight is 306 g/mol. The molecule has 0 spiro atoms. The van der Waals surface area contributed by atoms with Gasteiger partial charge in [-0.2, -0.15) is 0 Å². The van der Waals surface area contributed by atoms with E-state index >= 15 is 0 Å². The van der Waals surface area contributed by atoms with Crippen molar-refractivity contribution in [1.29, 1.82) is 0 Å². The first kappa shape index (κ1) is 15.9. The van der Waals surface area contributed by atoms with Gasteiger partial charge in [0, 0.05) is 23.0 Å². The van der Waals surface area contributed by atoms with Gasteiger partial charge < -0.3 is 4.42 Å². The molecule has 21 heavy (non-hydrogen) atoms. The molecule has 1 aromatic carbocycles. The summed E-state index contributed by atoms with van der Waals surface area (Å²) < 4.78 is 17.5. The molecule has 1 heterocycles. The molecule has 0 bridgehead atoms. The van der Waals surface area contributed by atoms with Crippen molar-refractivity contribution in [3.05, 3.63) is 47.2 Å². The van der Waals surface area contributed by atoms with Gasteiger partial charge in [-0.25, -0.2) is 0 Å². The molecule has 2 rings (SSSR count). The normalized spacial score (nSPS) is 12.8. The van der Waals surface area contributed by atoms with Crippen molar-refractivity contribution in [1.82, 2.24) is 10.2 Å². The lowest BCUT2D eigenvalue weighted by atomic mass is 10.0. The minimum absolute atomic E-state index is 0.320. The summed E-state index contributed by atoms with van der Waals surface area (Å²) in [7, 11) is -1.02. The minimum atomic E-state index is -1.02. The van der Waals surface area contributed by atoms with Gasteiger partial charge in [0.2, 0.25) is 11.8 Å². The van der Waals surface area contributed by atoms with E-state index in [0.29, 0.717) is 35.6 Å². The van der Waals surface area contributed by atoms with Crippen molar-refractivity contribution in [3.63, 3.8) is 0 Å². The van der Waals surface area contributed by atoms with Crippen LogP contribution in [0.1, 0.15) is 43.7 Å². The summed E-state index contributed by atoms with van der Waals surface area (Å²) in [6, 6.07) is 8.35. The molecule has 1 atom stereocenters. The van der Waals surface area contributed by atoms with E-state index < -0.39 is 10.8 Å². The molecule has 0 aliphatic carbocycles. The SMILES string of the molecule is CCc1nnc(C[S@@](=O)Cc2ccc(CC(C)C)cc2)o1. The highest BCUT2D eigenvalue weighted by atomic mass is 32.2. The second kappa shape index (κ2) is 7.50. The van der Waals surface area contributed by atoms with Crippen molar-refractivity contribution in [2.45, 2.75) is 45.1 Å². The second-order valence-corrected chi connectivity index (χ2v) is 7.04. The Kier molecular flexibility index (Phi) is 5.67. The zero-order valence-corrected chi connectivity index (χ0v) is 13.7. The third-order valence-corrected chi connectivity index (χ3v) is 4.31. The topological polar surface area (TPSA) is 56.0 Å². The minimum Gasteiger partial charge on any atom is -0.424 e. The van der Waals surface area contributed by atoms with Crippen molar-refractivity contribution in [3.8, 4) is 0 Å². The highest BCUT2D eigenvalue weighted by Gasteiger charge is 2.10. The first-order chi connectivity index (χ1) is 10.1. The predicted molar refractivity (Wildman–Crippen MR) is 84.2 cm³/mol. The molecule has 0 aliphatic heterocycles. The molecule has 4 nitrogen and oxygen atoms in total. The summed E-state index contributed by atoms with van der Waals surface area (Å²) >= 11 is 0. The molecule has 0 saturated carbocycles. The van der Waals surface area contributed by atoms with Crippen LogP contribution < -0.4 is 0 Å². The van der Waals surface area contributed by atoms with Crippen LogP contribution in [0.4, 0.5) is 0 Å². The number of aryl methyl sites for hydroxylation is 1. The first-order valence-electron chi connectivity index (χ1n) is 7.31. The average Bonchev–Trinajstić information content (AvgIpc) is 2.88. The maximum absolute atomic E-state index is 12.1. The molecule has 0 amide bonds. The third-order valence-electron chi connectivity index (χ3n) is 3.09. The number of benzene rings is 1. The van der Waals surface area contributed by atoms with Crippen LogP contribution >= 0.6 is 0 Å². The lowest BCUT2D eigenvalue weighted by Gasteiger charge is -2.06. The van der Waals surface area contributed by atoms with Gasteiger partial charge in [0.1, 0.15) is 5.75 Å². The Morgan fingerprint density at radius 1 is 1.05 bits per heavy atom. The van der Waals surface area contributed by atoms with E-state index in [-0.39, 0.29) is 0 Å². The quantitative estimate of drug-likeness (QED) is 0.787. The smallest absolute Gasteiger partial charge is 0.229 e. The highest BCUT2D eigenvalue weighted by molar-refractivity contribution is 7.83. The first-order valence-corrected chi connectivity index (χ1v) is 8.79. The van der Waals surface area contributed by atoms with Crippen molar-refractivity contribution in [2.24, 2.45) is 5.92 Å². The molecular weight excluding hydrogens is 284 g/mol. The van der Waals surface area contributed by atoms with E-state index in [4.69, 9.17) is 4.42 Å². The zero-order chi connectivity index (χ0) is 15.2. The van der Waals surface area contributed by atoms with Crippen molar-refractivity contribution < 1.29 is 8.63 Å². The molecule has 0 aliphatic rings. The fraction of sp³-hybridized carbons (Fsp3) is 0.500. The van der Waals surface area contributed by atoms with Crippen molar-refractivity contribution in [2.75, 3.05) is 0 Å². The number of rotatable bonds is 7. The summed E-state index contributed by atoms with van der Waals surface area (Å²) in [5, 5.41) is 7.79. The maximum atomic E-state index is 12.1. The number of hydrogen-bond acceptors (Lipinski definition) is 4. The van der Waals surface area contributed by atoms with Crippen LogP contribution in [0.3, 0.4) is 0 Å². The molecular formula is C16H22N2O2S. The summed E-state index contributed by atoms with van der Waals surface area (Å²) in [5.74, 6) is 2.55. The van der Waals surface area contributed by atoms with Gasteiger partial charge in [-0.15, -0.1) is 10.2 Å². The summed E-state index contributed by atoms with van der Waals surface area (Å²) in [4.78, 5) is 0. The largest absolute Gasteiger partial charge is 0.424 e. The molecule has 0 radical (unpaired) electrons. The second-order valence-electron chi connectivity index (χ2n) is 5.59. The molecule has 5 heteroatoms. The van der Waals surface area contributed by atoms with Gasteiger partial charge in [0.15, 0.2) is 0 Å². The van der Waals surface area contributed by atoms with Crippen LogP contribution in [0, 0.1) is 5.92 Å². The van der Waals surface area contributed by atoms with Crippen LogP contribution in [0.15, 0.2) is 28.7 Å². The van der Waals surface area contributed by atoms with E-state index in [0.717, 1.165) is 12.0 Å². The number of aromatic nitrogens is 2. The Balaban J connectivity index is 1.90. The lowest BCUT2D eigenvalue weighted by molar-refractivity contribution is 0.468. The Hall–Kier alpha value is -1.49. The molecule has 114 valence electrons. The van der Waals surface area contributed by atoms with Crippen LogP contribution in [-0.4, -0.2) is 14.4 Å². The van der Waals surface area contributed by atoms with E-state index in [9.17, 15) is 4.21 Å². The van der Waals surface area contributed by atoms with Gasteiger partial charge >= 0.3 is 0 Å². The number of hydrogen-bond donors (Lipinski definition) is 0. The van der Waals surface area contributed by atoms with Gasteiger partial charge in [-0.1, -0.05) is 45.0 Å². The van der Waals surface area contributed by atoms with Crippen LogP contribution in [-0.2, 0) is 35.1 Å². The fourth-order valence-electron chi connectivity index (χ4n) is 2.11. The monoisotopic (exact) mass is 306 g/mol. The van der Waals surface area contributed by atoms with E-state index in [1.54, 1.807) is 0 Å². The van der Waals surface area contributed by atoms with Gasteiger partial charge in [0.25, 0.3) is 0 Å².